The van der Waals surface area contributed by atoms with E-state index in [9.17, 15) is 28.8 Å². The SMILES string of the molecule is CC(OC(=O)CCC(=O)O)C(=O)OC(C)C(=O)OC(C)C(=O)OC(C)C(=O)OCc1ccccc1. The second-order valence-corrected chi connectivity index (χ2v) is 7.36. The maximum absolute atomic E-state index is 12.1. The molecule has 0 aliphatic heterocycles. The molecule has 0 amide bonds. The monoisotopic (exact) mass is 496 g/mol. The molecular formula is C23H28O12. The van der Waals surface area contributed by atoms with E-state index in [0.29, 0.717) is 0 Å². The minimum absolute atomic E-state index is 0.0116. The molecule has 0 spiro atoms. The maximum Gasteiger partial charge on any atom is 0.347 e. The van der Waals surface area contributed by atoms with Crippen molar-refractivity contribution in [3.8, 4) is 0 Å². The summed E-state index contributed by atoms with van der Waals surface area (Å²) in [6.45, 7) is 4.83. The van der Waals surface area contributed by atoms with Gasteiger partial charge in [-0.3, -0.25) is 9.59 Å². The van der Waals surface area contributed by atoms with Crippen LogP contribution in [0.3, 0.4) is 0 Å². The van der Waals surface area contributed by atoms with E-state index < -0.39 is 73.1 Å². The number of carbonyl (C=O) groups excluding carboxylic acids is 5. The van der Waals surface area contributed by atoms with E-state index in [2.05, 4.69) is 0 Å². The zero-order valence-corrected chi connectivity index (χ0v) is 19.8. The lowest BCUT2D eigenvalue weighted by atomic mass is 10.2. The number of rotatable bonds is 13. The number of carbonyl (C=O) groups is 6. The Kier molecular flexibility index (Phi) is 11.9. The van der Waals surface area contributed by atoms with Gasteiger partial charge in [0.15, 0.2) is 24.4 Å². The first kappa shape index (κ1) is 29.1. The Morgan fingerprint density at radius 1 is 0.657 bits per heavy atom. The first-order valence-corrected chi connectivity index (χ1v) is 10.6. The van der Waals surface area contributed by atoms with Gasteiger partial charge in [-0.1, -0.05) is 30.3 Å². The molecule has 0 aliphatic carbocycles. The molecule has 12 nitrogen and oxygen atoms in total. The Bertz CT molecular complexity index is 910. The van der Waals surface area contributed by atoms with Crippen LogP contribution in [0.4, 0.5) is 0 Å². The normalized spacial score (nSPS) is 13.8. The van der Waals surface area contributed by atoms with Gasteiger partial charge in [-0.05, 0) is 33.3 Å². The van der Waals surface area contributed by atoms with E-state index >= 15 is 0 Å². The minimum Gasteiger partial charge on any atom is -0.481 e. The molecule has 0 radical (unpaired) electrons. The Morgan fingerprint density at radius 2 is 1.09 bits per heavy atom. The van der Waals surface area contributed by atoms with Crippen LogP contribution in [0.15, 0.2) is 30.3 Å². The summed E-state index contributed by atoms with van der Waals surface area (Å²) in [6, 6.07) is 8.86. The van der Waals surface area contributed by atoms with Crippen LogP contribution < -0.4 is 0 Å². The Hall–Kier alpha value is -3.96. The average Bonchev–Trinajstić information content (AvgIpc) is 2.81. The summed E-state index contributed by atoms with van der Waals surface area (Å²) < 4.78 is 24.5. The molecule has 1 aromatic carbocycles. The number of ether oxygens (including phenoxy) is 5. The fourth-order valence-corrected chi connectivity index (χ4v) is 2.31. The lowest BCUT2D eigenvalue weighted by Crippen LogP contribution is -2.37. The molecular weight excluding hydrogens is 468 g/mol. The number of esters is 5. The fourth-order valence-electron chi connectivity index (χ4n) is 2.31. The third-order valence-electron chi connectivity index (χ3n) is 4.28. The number of hydrogen-bond donors (Lipinski definition) is 1. The molecule has 1 N–H and O–H groups in total. The smallest absolute Gasteiger partial charge is 0.347 e. The van der Waals surface area contributed by atoms with Gasteiger partial charge in [-0.2, -0.15) is 0 Å². The highest BCUT2D eigenvalue weighted by molar-refractivity contribution is 5.86. The molecule has 0 saturated heterocycles. The molecule has 35 heavy (non-hydrogen) atoms. The number of carboxylic acids is 1. The summed E-state index contributed by atoms with van der Waals surface area (Å²) in [6.07, 6.45) is -6.48. The van der Waals surface area contributed by atoms with Gasteiger partial charge in [0, 0.05) is 0 Å². The largest absolute Gasteiger partial charge is 0.481 e. The van der Waals surface area contributed by atoms with Gasteiger partial charge in [-0.15, -0.1) is 0 Å². The maximum atomic E-state index is 12.1. The molecule has 1 aromatic rings. The zero-order chi connectivity index (χ0) is 26.5. The second kappa shape index (κ2) is 14.3. The topological polar surface area (TPSA) is 169 Å². The molecule has 192 valence electrons. The van der Waals surface area contributed by atoms with Crippen LogP contribution in [0.5, 0.6) is 0 Å². The molecule has 4 atom stereocenters. The van der Waals surface area contributed by atoms with Crippen molar-refractivity contribution in [3.05, 3.63) is 35.9 Å². The highest BCUT2D eigenvalue weighted by Crippen LogP contribution is 2.08. The van der Waals surface area contributed by atoms with Gasteiger partial charge in [-0.25, -0.2) is 19.2 Å². The Morgan fingerprint density at radius 3 is 1.54 bits per heavy atom. The molecule has 1 rings (SSSR count). The predicted molar refractivity (Wildman–Crippen MR) is 115 cm³/mol. The average molecular weight is 496 g/mol. The summed E-state index contributed by atoms with van der Waals surface area (Å²) in [5.41, 5.74) is 0.745. The highest BCUT2D eigenvalue weighted by atomic mass is 16.6. The van der Waals surface area contributed by atoms with E-state index in [-0.39, 0.29) is 6.61 Å². The van der Waals surface area contributed by atoms with Gasteiger partial charge < -0.3 is 28.8 Å². The highest BCUT2D eigenvalue weighted by Gasteiger charge is 2.30. The summed E-state index contributed by atoms with van der Waals surface area (Å²) in [5, 5.41) is 8.53. The number of benzene rings is 1. The van der Waals surface area contributed by atoms with E-state index in [0.717, 1.165) is 5.56 Å². The van der Waals surface area contributed by atoms with Gasteiger partial charge in [0.2, 0.25) is 0 Å². The zero-order valence-electron chi connectivity index (χ0n) is 19.8. The third kappa shape index (κ3) is 11.1. The van der Waals surface area contributed by atoms with Crippen molar-refractivity contribution < 1.29 is 57.6 Å². The Labute approximate surface area is 201 Å². The number of aliphatic carboxylic acids is 1. The van der Waals surface area contributed by atoms with Crippen molar-refractivity contribution in [2.75, 3.05) is 0 Å². The molecule has 0 heterocycles. The molecule has 0 aromatic heterocycles. The molecule has 0 fully saturated rings. The number of hydrogen-bond acceptors (Lipinski definition) is 11. The van der Waals surface area contributed by atoms with Crippen molar-refractivity contribution in [1.82, 2.24) is 0 Å². The third-order valence-corrected chi connectivity index (χ3v) is 4.28. The van der Waals surface area contributed by atoms with E-state index in [1.807, 2.05) is 0 Å². The van der Waals surface area contributed by atoms with Crippen molar-refractivity contribution in [2.24, 2.45) is 0 Å². The number of carboxylic acid groups (broad SMARTS) is 1. The summed E-state index contributed by atoms with van der Waals surface area (Å²) in [4.78, 5) is 70.2. The quantitative estimate of drug-likeness (QED) is 0.307. The second-order valence-electron chi connectivity index (χ2n) is 7.36. The summed E-state index contributed by atoms with van der Waals surface area (Å²) in [7, 11) is 0. The van der Waals surface area contributed by atoms with E-state index in [1.165, 1.54) is 27.7 Å². The van der Waals surface area contributed by atoms with E-state index in [1.54, 1.807) is 30.3 Å². The van der Waals surface area contributed by atoms with Gasteiger partial charge in [0.25, 0.3) is 0 Å². The van der Waals surface area contributed by atoms with Crippen LogP contribution in [0.1, 0.15) is 46.1 Å². The van der Waals surface area contributed by atoms with E-state index in [4.69, 9.17) is 28.8 Å². The standard InChI is InChI=1S/C23H28O12/c1-13(20(27)31-12-17-8-6-5-7-9-17)33-22(29)15(3)35-23(30)16(4)34-21(28)14(2)32-19(26)11-10-18(24)25/h5-9,13-16H,10-12H2,1-4H3,(H,24,25). The summed E-state index contributed by atoms with van der Waals surface area (Å²) >= 11 is 0. The lowest BCUT2D eigenvalue weighted by molar-refractivity contribution is -0.185. The predicted octanol–water partition coefficient (Wildman–Crippen LogP) is 1.32. The molecule has 0 bridgehead atoms. The van der Waals surface area contributed by atoms with Crippen LogP contribution in [0.25, 0.3) is 0 Å². The van der Waals surface area contributed by atoms with Crippen LogP contribution in [0.2, 0.25) is 0 Å². The molecule has 0 saturated carbocycles. The first-order valence-electron chi connectivity index (χ1n) is 10.6. The molecule has 12 heteroatoms. The molecule has 0 aliphatic rings. The van der Waals surface area contributed by atoms with Crippen LogP contribution in [-0.4, -0.2) is 65.3 Å². The van der Waals surface area contributed by atoms with Crippen molar-refractivity contribution in [1.29, 1.82) is 0 Å². The van der Waals surface area contributed by atoms with Crippen molar-refractivity contribution >= 4 is 35.8 Å². The van der Waals surface area contributed by atoms with Gasteiger partial charge >= 0.3 is 35.8 Å². The van der Waals surface area contributed by atoms with Crippen LogP contribution in [0, 0.1) is 0 Å². The van der Waals surface area contributed by atoms with Gasteiger partial charge in [0.1, 0.15) is 6.61 Å². The van der Waals surface area contributed by atoms with Crippen molar-refractivity contribution in [2.45, 2.75) is 71.6 Å². The molecule has 4 unspecified atom stereocenters. The van der Waals surface area contributed by atoms with Gasteiger partial charge in [0.05, 0.1) is 12.8 Å². The fraction of sp³-hybridized carbons (Fsp3) is 0.478. The minimum atomic E-state index is -1.47. The van der Waals surface area contributed by atoms with Crippen LogP contribution in [-0.2, 0) is 59.1 Å². The lowest BCUT2D eigenvalue weighted by Gasteiger charge is -2.19. The van der Waals surface area contributed by atoms with Crippen molar-refractivity contribution in [3.63, 3.8) is 0 Å². The first-order chi connectivity index (χ1) is 16.4. The van der Waals surface area contributed by atoms with Crippen LogP contribution >= 0.6 is 0 Å². The summed E-state index contributed by atoms with van der Waals surface area (Å²) in [5.74, 6) is -6.13. The Balaban J connectivity index is 2.44.